The molecule has 6 nitrogen and oxygen atoms in total. The van der Waals surface area contributed by atoms with E-state index in [9.17, 15) is 10.2 Å². The van der Waals surface area contributed by atoms with Gasteiger partial charge in [0, 0.05) is 19.0 Å². The van der Waals surface area contributed by atoms with E-state index in [4.69, 9.17) is 0 Å². The Bertz CT molecular complexity index is 811. The second-order valence-corrected chi connectivity index (χ2v) is 4.98. The summed E-state index contributed by atoms with van der Waals surface area (Å²) in [5.41, 5.74) is 3.53. The molecule has 0 aliphatic heterocycles. The molecular weight excluding hydrogens is 268 g/mol. The molecule has 3 rings (SSSR count). The largest absolute Gasteiger partial charge is 0.504 e. The van der Waals surface area contributed by atoms with Crippen molar-refractivity contribution in [2.24, 2.45) is 7.05 Å². The maximum absolute atomic E-state index is 9.48. The van der Waals surface area contributed by atoms with E-state index in [1.807, 2.05) is 20.0 Å². The summed E-state index contributed by atoms with van der Waals surface area (Å²) in [7, 11) is 1.87. The van der Waals surface area contributed by atoms with Gasteiger partial charge in [-0.25, -0.2) is 4.98 Å². The Morgan fingerprint density at radius 1 is 1.19 bits per heavy atom. The number of phenols is 2. The number of hydrogen-bond donors (Lipinski definition) is 3. The van der Waals surface area contributed by atoms with Gasteiger partial charge >= 0.3 is 0 Å². The Morgan fingerprint density at radius 3 is 2.76 bits per heavy atom. The Morgan fingerprint density at radius 2 is 2.00 bits per heavy atom. The second-order valence-electron chi connectivity index (χ2n) is 4.98. The molecule has 0 radical (unpaired) electrons. The summed E-state index contributed by atoms with van der Waals surface area (Å²) >= 11 is 0. The Labute approximate surface area is 121 Å². The number of pyridine rings is 1. The molecule has 108 valence electrons. The number of fused-ring (bicyclic) bond motifs is 1. The SMILES string of the molecule is Cc1nn(C)c2ncc(NCc3ccc(O)c(O)c3)cc12. The van der Waals surface area contributed by atoms with E-state index in [1.54, 1.807) is 16.9 Å². The molecule has 3 aromatic rings. The van der Waals surface area contributed by atoms with Crippen molar-refractivity contribution in [3.63, 3.8) is 0 Å². The Hall–Kier alpha value is -2.76. The van der Waals surface area contributed by atoms with Crippen molar-refractivity contribution < 1.29 is 10.2 Å². The number of hydrogen-bond acceptors (Lipinski definition) is 5. The van der Waals surface area contributed by atoms with Crippen molar-refractivity contribution in [3.05, 3.63) is 41.7 Å². The van der Waals surface area contributed by atoms with Crippen LogP contribution in [0.5, 0.6) is 11.5 Å². The van der Waals surface area contributed by atoms with Gasteiger partial charge in [0.15, 0.2) is 17.1 Å². The summed E-state index contributed by atoms with van der Waals surface area (Å²) in [6.45, 7) is 2.48. The van der Waals surface area contributed by atoms with Crippen LogP contribution in [-0.4, -0.2) is 25.0 Å². The fourth-order valence-electron chi connectivity index (χ4n) is 2.29. The predicted molar refractivity (Wildman–Crippen MR) is 80.3 cm³/mol. The van der Waals surface area contributed by atoms with Gasteiger partial charge in [0.05, 0.1) is 17.6 Å². The van der Waals surface area contributed by atoms with Gasteiger partial charge in [-0.3, -0.25) is 4.68 Å². The molecule has 6 heteroatoms. The minimum Gasteiger partial charge on any atom is -0.504 e. The second kappa shape index (κ2) is 4.97. The number of aromatic nitrogens is 3. The number of anilines is 1. The lowest BCUT2D eigenvalue weighted by molar-refractivity contribution is 0.403. The molecular formula is C15H16N4O2. The van der Waals surface area contributed by atoms with E-state index in [0.717, 1.165) is 28.0 Å². The first-order valence-corrected chi connectivity index (χ1v) is 6.58. The maximum atomic E-state index is 9.48. The topological polar surface area (TPSA) is 83.2 Å². The molecule has 2 aromatic heterocycles. The number of aryl methyl sites for hydroxylation is 2. The normalized spacial score (nSPS) is 11.0. The van der Waals surface area contributed by atoms with Crippen LogP contribution in [0, 0.1) is 6.92 Å². The van der Waals surface area contributed by atoms with Crippen LogP contribution in [-0.2, 0) is 13.6 Å². The molecule has 0 aliphatic rings. The summed E-state index contributed by atoms with van der Waals surface area (Å²) in [6.07, 6.45) is 1.75. The van der Waals surface area contributed by atoms with Crippen molar-refractivity contribution in [3.8, 4) is 11.5 Å². The van der Waals surface area contributed by atoms with Gasteiger partial charge in [-0.1, -0.05) is 6.07 Å². The average Bonchev–Trinajstić information content (AvgIpc) is 2.75. The molecule has 1 aromatic carbocycles. The first-order valence-electron chi connectivity index (χ1n) is 6.58. The van der Waals surface area contributed by atoms with Crippen molar-refractivity contribution in [2.45, 2.75) is 13.5 Å². The molecule has 0 aliphatic carbocycles. The van der Waals surface area contributed by atoms with Crippen LogP contribution in [0.2, 0.25) is 0 Å². The molecule has 0 bridgehead atoms. The van der Waals surface area contributed by atoms with Crippen LogP contribution >= 0.6 is 0 Å². The van der Waals surface area contributed by atoms with Crippen LogP contribution in [0.25, 0.3) is 11.0 Å². The third kappa shape index (κ3) is 2.47. The summed E-state index contributed by atoms with van der Waals surface area (Å²) < 4.78 is 1.76. The average molecular weight is 284 g/mol. The molecule has 21 heavy (non-hydrogen) atoms. The third-order valence-electron chi connectivity index (χ3n) is 3.40. The smallest absolute Gasteiger partial charge is 0.157 e. The fraction of sp³-hybridized carbons (Fsp3) is 0.200. The molecule has 0 saturated heterocycles. The van der Waals surface area contributed by atoms with E-state index in [2.05, 4.69) is 15.4 Å². The predicted octanol–water partition coefficient (Wildman–Crippen LogP) is 2.30. The third-order valence-corrected chi connectivity index (χ3v) is 3.40. The summed E-state index contributed by atoms with van der Waals surface area (Å²) in [5.74, 6) is -0.237. The van der Waals surface area contributed by atoms with Crippen LogP contribution in [0.1, 0.15) is 11.3 Å². The molecule has 3 N–H and O–H groups in total. The van der Waals surface area contributed by atoms with Crippen molar-refractivity contribution in [1.82, 2.24) is 14.8 Å². The van der Waals surface area contributed by atoms with Gasteiger partial charge in [-0.2, -0.15) is 5.10 Å². The Kier molecular flexibility index (Phi) is 3.13. The minimum atomic E-state index is -0.119. The van der Waals surface area contributed by atoms with Crippen molar-refractivity contribution in [1.29, 1.82) is 0 Å². The highest BCUT2D eigenvalue weighted by Gasteiger charge is 2.07. The zero-order chi connectivity index (χ0) is 15.0. The van der Waals surface area contributed by atoms with E-state index in [1.165, 1.54) is 12.1 Å². The number of benzene rings is 1. The monoisotopic (exact) mass is 284 g/mol. The van der Waals surface area contributed by atoms with Gasteiger partial charge in [0.2, 0.25) is 0 Å². The molecule has 0 fully saturated rings. The van der Waals surface area contributed by atoms with Crippen LogP contribution < -0.4 is 5.32 Å². The van der Waals surface area contributed by atoms with Gasteiger partial charge in [0.25, 0.3) is 0 Å². The van der Waals surface area contributed by atoms with E-state index in [0.29, 0.717) is 6.54 Å². The van der Waals surface area contributed by atoms with E-state index in [-0.39, 0.29) is 11.5 Å². The highest BCUT2D eigenvalue weighted by Crippen LogP contribution is 2.25. The summed E-state index contributed by atoms with van der Waals surface area (Å²) in [5, 5.41) is 27.4. The zero-order valence-electron chi connectivity index (χ0n) is 11.8. The highest BCUT2D eigenvalue weighted by atomic mass is 16.3. The number of phenolic OH excluding ortho intramolecular Hbond substituents is 2. The van der Waals surface area contributed by atoms with Crippen LogP contribution in [0.15, 0.2) is 30.5 Å². The number of aromatic hydroxyl groups is 2. The van der Waals surface area contributed by atoms with E-state index < -0.39 is 0 Å². The first kappa shape index (κ1) is 13.2. The summed E-state index contributed by atoms with van der Waals surface area (Å²) in [4.78, 5) is 4.39. The van der Waals surface area contributed by atoms with Crippen LogP contribution in [0.4, 0.5) is 5.69 Å². The maximum Gasteiger partial charge on any atom is 0.157 e. The van der Waals surface area contributed by atoms with Crippen molar-refractivity contribution in [2.75, 3.05) is 5.32 Å². The molecule has 0 spiro atoms. The number of rotatable bonds is 3. The standard InChI is InChI=1S/C15H16N4O2/c1-9-12-6-11(8-17-15(12)19(2)18-9)16-7-10-3-4-13(20)14(21)5-10/h3-6,8,16,20-21H,7H2,1-2H3. The zero-order valence-corrected chi connectivity index (χ0v) is 11.8. The molecule has 0 amide bonds. The van der Waals surface area contributed by atoms with Gasteiger partial charge in [-0.15, -0.1) is 0 Å². The van der Waals surface area contributed by atoms with Crippen molar-refractivity contribution >= 4 is 16.7 Å². The molecule has 0 unspecified atom stereocenters. The minimum absolute atomic E-state index is 0.118. The molecule has 0 atom stereocenters. The van der Waals surface area contributed by atoms with Gasteiger partial charge < -0.3 is 15.5 Å². The number of nitrogens with one attached hydrogen (secondary N) is 1. The summed E-state index contributed by atoms with van der Waals surface area (Å²) in [6, 6.07) is 6.76. The molecule has 0 saturated carbocycles. The quantitative estimate of drug-likeness (QED) is 0.643. The first-order chi connectivity index (χ1) is 10.0. The van der Waals surface area contributed by atoms with Gasteiger partial charge in [0.1, 0.15) is 0 Å². The fourth-order valence-corrected chi connectivity index (χ4v) is 2.29. The highest BCUT2D eigenvalue weighted by molar-refractivity contribution is 5.81. The van der Waals surface area contributed by atoms with Crippen LogP contribution in [0.3, 0.4) is 0 Å². The van der Waals surface area contributed by atoms with E-state index >= 15 is 0 Å². The number of nitrogens with zero attached hydrogens (tertiary/aromatic N) is 3. The van der Waals surface area contributed by atoms with Gasteiger partial charge in [-0.05, 0) is 30.7 Å². The molecule has 2 heterocycles. The Balaban J connectivity index is 1.81. The lowest BCUT2D eigenvalue weighted by Gasteiger charge is -2.07. The lowest BCUT2D eigenvalue weighted by Crippen LogP contribution is -2.00. The lowest BCUT2D eigenvalue weighted by atomic mass is 10.2.